The van der Waals surface area contributed by atoms with Gasteiger partial charge in [0.2, 0.25) is 5.91 Å². The summed E-state index contributed by atoms with van der Waals surface area (Å²) in [7, 11) is 1.66. The summed E-state index contributed by atoms with van der Waals surface area (Å²) in [5, 5.41) is 6.34. The fraction of sp³-hybridized carbons (Fsp3) is 0.562. The molecule has 1 aromatic rings. The second kappa shape index (κ2) is 7.29. The van der Waals surface area contributed by atoms with Gasteiger partial charge in [-0.15, -0.1) is 0 Å². The van der Waals surface area contributed by atoms with Crippen molar-refractivity contribution in [3.05, 3.63) is 29.8 Å². The fourth-order valence-corrected chi connectivity index (χ4v) is 2.62. The first-order chi connectivity index (χ1) is 9.69. The van der Waals surface area contributed by atoms with Crippen LogP contribution in [0.3, 0.4) is 0 Å². The largest absolute Gasteiger partial charge is 0.497 e. The monoisotopic (exact) mass is 276 g/mol. The van der Waals surface area contributed by atoms with Gasteiger partial charge in [0.25, 0.3) is 0 Å². The molecule has 0 saturated heterocycles. The topological polar surface area (TPSA) is 50.4 Å². The van der Waals surface area contributed by atoms with Crippen LogP contribution in [0.15, 0.2) is 24.3 Å². The highest BCUT2D eigenvalue weighted by Crippen LogP contribution is 2.19. The SMILES string of the molecule is COc1cccc([C@H](C)NCC(=O)NC2CCCC2)c1. The van der Waals surface area contributed by atoms with E-state index in [1.165, 1.54) is 12.8 Å². The summed E-state index contributed by atoms with van der Waals surface area (Å²) in [5.41, 5.74) is 1.12. The van der Waals surface area contributed by atoms with E-state index >= 15 is 0 Å². The smallest absolute Gasteiger partial charge is 0.234 e. The molecule has 4 nitrogen and oxygen atoms in total. The minimum Gasteiger partial charge on any atom is -0.497 e. The van der Waals surface area contributed by atoms with Gasteiger partial charge < -0.3 is 15.4 Å². The summed E-state index contributed by atoms with van der Waals surface area (Å²) in [6.45, 7) is 2.41. The molecule has 1 fully saturated rings. The molecule has 0 spiro atoms. The zero-order valence-electron chi connectivity index (χ0n) is 12.3. The predicted molar refractivity (Wildman–Crippen MR) is 79.8 cm³/mol. The van der Waals surface area contributed by atoms with Crippen LogP contribution in [0.4, 0.5) is 0 Å². The third-order valence-corrected chi connectivity index (χ3v) is 3.88. The molecular weight excluding hydrogens is 252 g/mol. The quantitative estimate of drug-likeness (QED) is 0.839. The molecule has 0 radical (unpaired) electrons. The number of hydrogen-bond acceptors (Lipinski definition) is 3. The minimum absolute atomic E-state index is 0.0895. The molecule has 1 amide bonds. The number of amides is 1. The van der Waals surface area contributed by atoms with Crippen LogP contribution in [0.2, 0.25) is 0 Å². The molecule has 1 saturated carbocycles. The van der Waals surface area contributed by atoms with Crippen molar-refractivity contribution in [2.75, 3.05) is 13.7 Å². The van der Waals surface area contributed by atoms with E-state index in [-0.39, 0.29) is 11.9 Å². The van der Waals surface area contributed by atoms with E-state index in [0.717, 1.165) is 24.2 Å². The predicted octanol–water partition coefficient (Wildman–Crippen LogP) is 2.40. The molecular formula is C16H24N2O2. The Morgan fingerprint density at radius 3 is 2.85 bits per heavy atom. The number of rotatable bonds is 6. The highest BCUT2D eigenvalue weighted by molar-refractivity contribution is 5.78. The van der Waals surface area contributed by atoms with E-state index in [1.54, 1.807) is 7.11 Å². The van der Waals surface area contributed by atoms with Gasteiger partial charge in [0.05, 0.1) is 13.7 Å². The van der Waals surface area contributed by atoms with Gasteiger partial charge in [-0.2, -0.15) is 0 Å². The van der Waals surface area contributed by atoms with Gasteiger partial charge in [0.15, 0.2) is 0 Å². The van der Waals surface area contributed by atoms with Crippen LogP contribution in [0.25, 0.3) is 0 Å². The number of nitrogens with one attached hydrogen (secondary N) is 2. The van der Waals surface area contributed by atoms with Gasteiger partial charge in [-0.3, -0.25) is 4.79 Å². The number of methoxy groups -OCH3 is 1. The highest BCUT2D eigenvalue weighted by atomic mass is 16.5. The molecule has 0 aliphatic heterocycles. The number of hydrogen-bond donors (Lipinski definition) is 2. The second-order valence-corrected chi connectivity index (χ2v) is 5.43. The summed E-state index contributed by atoms with van der Waals surface area (Å²) >= 11 is 0. The fourth-order valence-electron chi connectivity index (χ4n) is 2.62. The molecule has 2 rings (SSSR count). The average molecular weight is 276 g/mol. The van der Waals surface area contributed by atoms with Gasteiger partial charge in [-0.1, -0.05) is 25.0 Å². The normalized spacial score (nSPS) is 16.9. The molecule has 0 heterocycles. The summed E-state index contributed by atoms with van der Waals surface area (Å²) in [5.74, 6) is 0.929. The van der Waals surface area contributed by atoms with Crippen molar-refractivity contribution in [1.82, 2.24) is 10.6 Å². The third kappa shape index (κ3) is 4.23. The standard InChI is InChI=1S/C16H24N2O2/c1-12(13-6-5-9-15(10-13)20-2)17-11-16(19)18-14-7-3-4-8-14/h5-6,9-10,12,14,17H,3-4,7-8,11H2,1-2H3,(H,18,19)/t12-/m0/s1. The number of benzene rings is 1. The summed E-state index contributed by atoms with van der Waals surface area (Å²) in [6.07, 6.45) is 4.71. The number of carbonyl (C=O) groups is 1. The van der Waals surface area contributed by atoms with E-state index in [1.807, 2.05) is 24.3 Å². The maximum Gasteiger partial charge on any atom is 0.234 e. The maximum absolute atomic E-state index is 11.9. The highest BCUT2D eigenvalue weighted by Gasteiger charge is 2.17. The first kappa shape index (κ1) is 14.9. The van der Waals surface area contributed by atoms with Crippen molar-refractivity contribution >= 4 is 5.91 Å². The Kier molecular flexibility index (Phi) is 5.41. The molecule has 2 N–H and O–H groups in total. The van der Waals surface area contributed by atoms with E-state index in [2.05, 4.69) is 17.6 Å². The Morgan fingerprint density at radius 2 is 2.15 bits per heavy atom. The van der Waals surface area contributed by atoms with Crippen LogP contribution in [-0.2, 0) is 4.79 Å². The molecule has 0 bridgehead atoms. The zero-order valence-corrected chi connectivity index (χ0v) is 12.3. The summed E-state index contributed by atoms with van der Waals surface area (Å²) in [6, 6.07) is 8.42. The van der Waals surface area contributed by atoms with E-state index in [9.17, 15) is 4.79 Å². The Hall–Kier alpha value is -1.55. The van der Waals surface area contributed by atoms with Crippen molar-refractivity contribution in [2.24, 2.45) is 0 Å². The van der Waals surface area contributed by atoms with Crippen molar-refractivity contribution in [2.45, 2.75) is 44.7 Å². The number of carbonyl (C=O) groups excluding carboxylic acids is 1. The average Bonchev–Trinajstić information content (AvgIpc) is 2.97. The zero-order chi connectivity index (χ0) is 14.4. The van der Waals surface area contributed by atoms with Crippen LogP contribution < -0.4 is 15.4 Å². The van der Waals surface area contributed by atoms with Crippen LogP contribution in [0, 0.1) is 0 Å². The Morgan fingerprint density at radius 1 is 1.40 bits per heavy atom. The van der Waals surface area contributed by atoms with Crippen molar-refractivity contribution in [1.29, 1.82) is 0 Å². The lowest BCUT2D eigenvalue weighted by molar-refractivity contribution is -0.121. The Labute approximate surface area is 120 Å². The van der Waals surface area contributed by atoms with Gasteiger partial charge in [0, 0.05) is 12.1 Å². The Balaban J connectivity index is 1.78. The minimum atomic E-state index is 0.0895. The summed E-state index contributed by atoms with van der Waals surface area (Å²) in [4.78, 5) is 11.9. The molecule has 110 valence electrons. The molecule has 20 heavy (non-hydrogen) atoms. The number of ether oxygens (including phenoxy) is 1. The van der Waals surface area contributed by atoms with E-state index < -0.39 is 0 Å². The van der Waals surface area contributed by atoms with Crippen molar-refractivity contribution < 1.29 is 9.53 Å². The lowest BCUT2D eigenvalue weighted by Crippen LogP contribution is -2.39. The molecule has 1 aromatic carbocycles. The van der Waals surface area contributed by atoms with E-state index in [4.69, 9.17) is 4.74 Å². The molecule has 1 aliphatic rings. The van der Waals surface area contributed by atoms with Gasteiger partial charge in [-0.25, -0.2) is 0 Å². The van der Waals surface area contributed by atoms with Crippen LogP contribution in [0.1, 0.15) is 44.2 Å². The molecule has 0 unspecified atom stereocenters. The van der Waals surface area contributed by atoms with Crippen molar-refractivity contribution in [3.63, 3.8) is 0 Å². The van der Waals surface area contributed by atoms with Crippen LogP contribution in [-0.4, -0.2) is 25.6 Å². The lowest BCUT2D eigenvalue weighted by Gasteiger charge is -2.16. The lowest BCUT2D eigenvalue weighted by atomic mass is 10.1. The van der Waals surface area contributed by atoms with Crippen LogP contribution >= 0.6 is 0 Å². The molecule has 0 aromatic heterocycles. The first-order valence-corrected chi connectivity index (χ1v) is 7.35. The third-order valence-electron chi connectivity index (χ3n) is 3.88. The molecule has 1 atom stereocenters. The van der Waals surface area contributed by atoms with Gasteiger partial charge in [0.1, 0.15) is 5.75 Å². The van der Waals surface area contributed by atoms with E-state index in [0.29, 0.717) is 12.6 Å². The van der Waals surface area contributed by atoms with Crippen molar-refractivity contribution in [3.8, 4) is 5.75 Å². The molecule has 4 heteroatoms. The maximum atomic E-state index is 11.9. The molecule has 1 aliphatic carbocycles. The Bertz CT molecular complexity index is 442. The first-order valence-electron chi connectivity index (χ1n) is 7.35. The van der Waals surface area contributed by atoms with Crippen LogP contribution in [0.5, 0.6) is 5.75 Å². The summed E-state index contributed by atoms with van der Waals surface area (Å²) < 4.78 is 5.21. The van der Waals surface area contributed by atoms with Gasteiger partial charge in [-0.05, 0) is 37.5 Å². The van der Waals surface area contributed by atoms with Gasteiger partial charge >= 0.3 is 0 Å². The second-order valence-electron chi connectivity index (χ2n) is 5.43.